The highest BCUT2D eigenvalue weighted by atomic mass is 19.4. The fourth-order valence-electron chi connectivity index (χ4n) is 10.5. The number of hydrogen-bond donors (Lipinski definition) is 3. The van der Waals surface area contributed by atoms with E-state index in [4.69, 9.17) is 24.5 Å². The van der Waals surface area contributed by atoms with Crippen LogP contribution in [-0.4, -0.2) is 50.2 Å². The molecule has 0 saturated carbocycles. The van der Waals surface area contributed by atoms with Gasteiger partial charge in [0.1, 0.15) is 11.5 Å². The maximum absolute atomic E-state index is 12.7. The SMILES string of the molecule is CC(C)(C)c1ccc(-c2c3nc(c(-c4ccc(C(C)(C)C)cc4)c4ccc([nH]4)c(-c4ccc(C(C)(C)C)cc4)c4nc(c(-c5ccc(OCCCCCCOc6ccc(C(=O)/C=C(\O)C(F)(F)F)cc6)cc5)c5ccc2[nH]5)C=C4)C=C3)cc1. The van der Waals surface area contributed by atoms with Crippen LogP contribution in [0.25, 0.3) is 90.9 Å². The van der Waals surface area contributed by atoms with E-state index in [1.165, 1.54) is 41.0 Å². The third-order valence-electron chi connectivity index (χ3n) is 15.3. The number of carbonyl (C=O) groups is 1. The number of aliphatic hydroxyl groups is 1. The molecule has 2 aliphatic rings. The first-order valence-electron chi connectivity index (χ1n) is 28.5. The molecule has 424 valence electrons. The van der Waals surface area contributed by atoms with Crippen molar-refractivity contribution in [3.8, 4) is 56.0 Å². The van der Waals surface area contributed by atoms with Gasteiger partial charge in [-0.3, -0.25) is 4.79 Å². The number of hydrogen-bond acceptors (Lipinski definition) is 6. The Kier molecular flexibility index (Phi) is 16.1. The molecular weight excluding hydrogens is 1040 g/mol. The van der Waals surface area contributed by atoms with Gasteiger partial charge in [0.05, 0.1) is 36.0 Å². The molecule has 5 heterocycles. The number of aromatic nitrogens is 4. The molecule has 5 aromatic carbocycles. The van der Waals surface area contributed by atoms with E-state index >= 15 is 0 Å². The second kappa shape index (κ2) is 23.3. The van der Waals surface area contributed by atoms with E-state index in [9.17, 15) is 18.0 Å². The minimum Gasteiger partial charge on any atom is -0.504 e. The molecule has 8 bridgehead atoms. The van der Waals surface area contributed by atoms with E-state index in [2.05, 4.69) is 206 Å². The summed E-state index contributed by atoms with van der Waals surface area (Å²) in [7, 11) is 0. The lowest BCUT2D eigenvalue weighted by molar-refractivity contribution is -0.120. The Morgan fingerprint density at radius 3 is 1.01 bits per heavy atom. The van der Waals surface area contributed by atoms with Gasteiger partial charge in [-0.1, -0.05) is 147 Å². The molecule has 8 aromatic rings. The zero-order valence-corrected chi connectivity index (χ0v) is 48.7. The van der Waals surface area contributed by atoms with Crippen molar-refractivity contribution >= 4 is 52.2 Å². The molecule has 0 unspecified atom stereocenters. The summed E-state index contributed by atoms with van der Waals surface area (Å²) >= 11 is 0. The predicted octanol–water partition coefficient (Wildman–Crippen LogP) is 19.4. The zero-order chi connectivity index (χ0) is 58.8. The van der Waals surface area contributed by atoms with Crippen molar-refractivity contribution in [3.05, 3.63) is 202 Å². The van der Waals surface area contributed by atoms with Gasteiger partial charge in [-0.05, 0) is 166 Å². The lowest BCUT2D eigenvalue weighted by Gasteiger charge is -2.19. The Labute approximate surface area is 484 Å². The minimum atomic E-state index is -4.99. The summed E-state index contributed by atoms with van der Waals surface area (Å²) in [6.45, 7) is 21.1. The number of halogens is 3. The van der Waals surface area contributed by atoms with Crippen molar-refractivity contribution < 1.29 is 32.5 Å². The minimum absolute atomic E-state index is 0.0104. The Bertz CT molecular complexity index is 3880. The first kappa shape index (κ1) is 57.5. The third-order valence-corrected chi connectivity index (χ3v) is 15.3. The number of aliphatic hydroxyl groups excluding tert-OH is 1. The van der Waals surface area contributed by atoms with Crippen molar-refractivity contribution in [2.24, 2.45) is 0 Å². The van der Waals surface area contributed by atoms with Gasteiger partial charge in [0.25, 0.3) is 0 Å². The highest BCUT2D eigenvalue weighted by Crippen LogP contribution is 2.40. The van der Waals surface area contributed by atoms with Crippen LogP contribution in [0.5, 0.6) is 11.5 Å². The van der Waals surface area contributed by atoms with E-state index in [0.29, 0.717) is 19.0 Å². The molecule has 11 heteroatoms. The number of fused-ring (bicyclic) bond motifs is 8. The molecule has 8 nitrogen and oxygen atoms in total. The number of alkyl halides is 3. The van der Waals surface area contributed by atoms with Crippen LogP contribution in [0, 0.1) is 0 Å². The van der Waals surface area contributed by atoms with Gasteiger partial charge in [0, 0.05) is 56.0 Å². The number of rotatable bonds is 15. The molecule has 0 fully saturated rings. The average Bonchev–Trinajstić information content (AvgIpc) is 2.64. The average molecular weight is 1110 g/mol. The molecule has 2 aliphatic heterocycles. The number of aromatic amines is 2. The Morgan fingerprint density at radius 1 is 0.434 bits per heavy atom. The monoisotopic (exact) mass is 1110 g/mol. The van der Waals surface area contributed by atoms with Crippen LogP contribution in [0.3, 0.4) is 0 Å². The molecule has 83 heavy (non-hydrogen) atoms. The highest BCUT2D eigenvalue weighted by molar-refractivity contribution is 6.05. The highest BCUT2D eigenvalue weighted by Gasteiger charge is 2.34. The van der Waals surface area contributed by atoms with Gasteiger partial charge in [-0.25, -0.2) is 9.97 Å². The summed E-state index contributed by atoms with van der Waals surface area (Å²) in [5.41, 5.74) is 18.8. The van der Waals surface area contributed by atoms with Gasteiger partial charge in [0.2, 0.25) is 5.76 Å². The summed E-state index contributed by atoms with van der Waals surface area (Å²) < 4.78 is 50.0. The molecule has 0 saturated heterocycles. The number of nitrogens with zero attached hydrogens (tertiary/aromatic N) is 2. The van der Waals surface area contributed by atoms with Gasteiger partial charge >= 0.3 is 6.18 Å². The third kappa shape index (κ3) is 13.2. The Morgan fingerprint density at radius 2 is 0.723 bits per heavy atom. The van der Waals surface area contributed by atoms with Gasteiger partial charge in [-0.15, -0.1) is 0 Å². The topological polar surface area (TPSA) is 113 Å². The molecule has 0 radical (unpaired) electrons. The maximum Gasteiger partial charge on any atom is 0.448 e. The van der Waals surface area contributed by atoms with Crippen LogP contribution in [0.2, 0.25) is 0 Å². The molecular formula is C72H71F3N4O4. The molecule has 0 atom stereocenters. The first-order valence-corrected chi connectivity index (χ1v) is 28.5. The van der Waals surface area contributed by atoms with Gasteiger partial charge in [-0.2, -0.15) is 13.2 Å². The van der Waals surface area contributed by atoms with Crippen molar-refractivity contribution in [1.82, 2.24) is 19.9 Å². The van der Waals surface area contributed by atoms with E-state index in [-0.39, 0.29) is 27.9 Å². The molecule has 0 spiro atoms. The van der Waals surface area contributed by atoms with E-state index in [0.717, 1.165) is 121 Å². The fraction of sp³-hybridized carbons (Fsp3) is 0.264. The van der Waals surface area contributed by atoms with Crippen LogP contribution in [0.1, 0.15) is 138 Å². The quantitative estimate of drug-likeness (QED) is 0.0408. The van der Waals surface area contributed by atoms with Crippen molar-refractivity contribution in [1.29, 1.82) is 0 Å². The number of H-pyrrole nitrogens is 2. The standard InChI is InChI=1S/C72H71F3N4O4/c1-69(2,3)50-24-14-46(15-25-50)65-55-34-36-57(76-55)66(47-16-26-51(27-17-47)70(4,5)6)59-38-40-61(78-59)68(62-41-39-60(79-62)67(58-37-35-56(65)77-58)48-18-28-52(29-19-48)71(7,8)9)49-22-32-54(33-23-49)83-43-13-11-10-12-42-82-53-30-20-45(21-31-53)63(80)44-64(81)72(73,74)75/h14-41,44,76,79,81H,10-13,42-43H2,1-9H3/b64-44-,65-55?,65-56?,66-57?,66-59?,67-58?,67-60?,68-61?,68-62?. The van der Waals surface area contributed by atoms with E-state index < -0.39 is 17.7 Å². The Hall–Kier alpha value is -8.70. The summed E-state index contributed by atoms with van der Waals surface area (Å²) in [5.74, 6) is -1.64. The predicted molar refractivity (Wildman–Crippen MR) is 334 cm³/mol. The summed E-state index contributed by atoms with van der Waals surface area (Å²) in [6.07, 6.45) is 7.15. The second-order valence-corrected chi connectivity index (χ2v) is 24.5. The molecule has 0 amide bonds. The maximum atomic E-state index is 12.7. The fourth-order valence-corrected chi connectivity index (χ4v) is 10.5. The summed E-state index contributed by atoms with van der Waals surface area (Å²) in [4.78, 5) is 31.0. The number of ketones is 1. The molecule has 3 aromatic heterocycles. The van der Waals surface area contributed by atoms with E-state index in [1.807, 2.05) is 12.1 Å². The van der Waals surface area contributed by atoms with Crippen molar-refractivity contribution in [2.45, 2.75) is 110 Å². The van der Waals surface area contributed by atoms with Crippen molar-refractivity contribution in [3.63, 3.8) is 0 Å². The number of nitrogens with one attached hydrogen (secondary N) is 2. The number of allylic oxidation sites excluding steroid dienone is 2. The smallest absolute Gasteiger partial charge is 0.448 e. The normalized spacial score (nSPS) is 12.9. The number of benzene rings is 5. The van der Waals surface area contributed by atoms with Crippen LogP contribution in [-0.2, 0) is 16.2 Å². The molecule has 3 N–H and O–H groups in total. The van der Waals surface area contributed by atoms with Crippen LogP contribution in [0.4, 0.5) is 13.2 Å². The van der Waals surface area contributed by atoms with Crippen LogP contribution >= 0.6 is 0 Å². The number of carbonyl (C=O) groups excluding carboxylic acids is 1. The van der Waals surface area contributed by atoms with Crippen LogP contribution < -0.4 is 9.47 Å². The molecule has 0 aliphatic carbocycles. The lowest BCUT2D eigenvalue weighted by Crippen LogP contribution is -2.13. The Balaban J connectivity index is 0.998. The summed E-state index contributed by atoms with van der Waals surface area (Å²) in [6, 6.07) is 49.3. The lowest BCUT2D eigenvalue weighted by atomic mass is 9.86. The zero-order valence-electron chi connectivity index (χ0n) is 48.7. The first-order chi connectivity index (χ1) is 39.5. The summed E-state index contributed by atoms with van der Waals surface area (Å²) in [5, 5.41) is 9.13. The largest absolute Gasteiger partial charge is 0.504 e. The molecule has 10 rings (SSSR count). The van der Waals surface area contributed by atoms with Crippen molar-refractivity contribution in [2.75, 3.05) is 13.2 Å². The number of ether oxygens (including phenoxy) is 2. The van der Waals surface area contributed by atoms with E-state index in [1.54, 1.807) is 0 Å². The van der Waals surface area contributed by atoms with Gasteiger partial charge < -0.3 is 24.5 Å². The van der Waals surface area contributed by atoms with Gasteiger partial charge in [0.15, 0.2) is 5.78 Å². The number of unbranched alkanes of at least 4 members (excludes halogenated alkanes) is 3. The second-order valence-electron chi connectivity index (χ2n) is 24.5. The van der Waals surface area contributed by atoms with Crippen LogP contribution in [0.15, 0.2) is 157 Å².